The van der Waals surface area contributed by atoms with Gasteiger partial charge in [0.2, 0.25) is 0 Å². The molecule has 0 saturated carbocycles. The number of furan rings is 1. The molecule has 3 heterocycles. The van der Waals surface area contributed by atoms with Gasteiger partial charge in [0.1, 0.15) is 11.5 Å². The quantitative estimate of drug-likeness (QED) is 0.292. The van der Waals surface area contributed by atoms with E-state index in [1.807, 2.05) is 61.5 Å². The summed E-state index contributed by atoms with van der Waals surface area (Å²) in [7, 11) is 1.34. The number of methoxy groups -OCH3 is 1. The van der Waals surface area contributed by atoms with Crippen LogP contribution in [0.15, 0.2) is 90.6 Å². The van der Waals surface area contributed by atoms with Gasteiger partial charge in [0.25, 0.3) is 5.56 Å². The highest BCUT2D eigenvalue weighted by molar-refractivity contribution is 9.10. The molecule has 0 radical (unpaired) electrons. The van der Waals surface area contributed by atoms with Crippen molar-refractivity contribution in [1.82, 2.24) is 4.57 Å². The average Bonchev–Trinajstić information content (AvgIpc) is 3.49. The average molecular weight is 584 g/mol. The van der Waals surface area contributed by atoms with Gasteiger partial charge in [-0.05, 0) is 52.2 Å². The number of carbonyl (C=O) groups excluding carboxylic acids is 1. The first-order valence-corrected chi connectivity index (χ1v) is 13.1. The standard InChI is InChI=1S/C27H20BrClN2O4S/c1-3-20-23(26(33)34-2)24(15-7-5-4-6-8-15)31-25(32)22(36-27(31)30-20)14-17-10-12-21(35-17)16-9-11-18(28)19(29)13-16/h4-14,24H,3H2,1-2H3/b22-14-/t24-/m1/s1. The monoisotopic (exact) mass is 582 g/mol. The van der Waals surface area contributed by atoms with Crippen LogP contribution in [0.4, 0.5) is 0 Å². The van der Waals surface area contributed by atoms with E-state index >= 15 is 0 Å². The van der Waals surface area contributed by atoms with Crippen molar-refractivity contribution in [3.8, 4) is 11.3 Å². The van der Waals surface area contributed by atoms with Gasteiger partial charge in [0, 0.05) is 16.1 Å². The summed E-state index contributed by atoms with van der Waals surface area (Å²) >= 11 is 10.9. The maximum Gasteiger partial charge on any atom is 0.338 e. The number of esters is 1. The molecule has 0 amide bonds. The number of thiazole rings is 1. The Hall–Kier alpha value is -3.20. The van der Waals surface area contributed by atoms with Crippen LogP contribution in [0.3, 0.4) is 0 Å². The smallest absolute Gasteiger partial charge is 0.338 e. The maximum absolute atomic E-state index is 13.7. The van der Waals surface area contributed by atoms with Crippen molar-refractivity contribution in [2.24, 2.45) is 4.99 Å². The Bertz CT molecular complexity index is 1680. The number of rotatable bonds is 5. The number of hydrogen-bond acceptors (Lipinski definition) is 6. The Balaban J connectivity index is 1.65. The van der Waals surface area contributed by atoms with Gasteiger partial charge in [-0.25, -0.2) is 9.79 Å². The Morgan fingerprint density at radius 1 is 1.22 bits per heavy atom. The minimum Gasteiger partial charge on any atom is -0.466 e. The molecule has 5 rings (SSSR count). The van der Waals surface area contributed by atoms with Crippen LogP contribution in [0.1, 0.15) is 30.7 Å². The van der Waals surface area contributed by atoms with Crippen molar-refractivity contribution < 1.29 is 13.9 Å². The van der Waals surface area contributed by atoms with Crippen molar-refractivity contribution in [3.05, 3.63) is 112 Å². The first-order chi connectivity index (χ1) is 17.4. The Kier molecular flexibility index (Phi) is 6.83. The van der Waals surface area contributed by atoms with Crippen molar-refractivity contribution in [2.45, 2.75) is 19.4 Å². The first kappa shape index (κ1) is 24.5. The third-order valence-electron chi connectivity index (χ3n) is 5.87. The van der Waals surface area contributed by atoms with E-state index in [1.165, 1.54) is 18.4 Å². The van der Waals surface area contributed by atoms with Gasteiger partial charge in [0.15, 0.2) is 4.80 Å². The molecule has 2 aromatic carbocycles. The lowest BCUT2D eigenvalue weighted by Gasteiger charge is -2.25. The molecule has 0 unspecified atom stereocenters. The number of aromatic nitrogens is 1. The number of nitrogens with zero attached hydrogens (tertiary/aromatic N) is 2. The summed E-state index contributed by atoms with van der Waals surface area (Å²) < 4.78 is 13.9. The van der Waals surface area contributed by atoms with E-state index in [9.17, 15) is 9.59 Å². The normalized spacial score (nSPS) is 15.6. The molecule has 1 atom stereocenters. The molecule has 0 fully saturated rings. The van der Waals surface area contributed by atoms with E-state index in [2.05, 4.69) is 20.9 Å². The zero-order valence-corrected chi connectivity index (χ0v) is 22.5. The zero-order chi connectivity index (χ0) is 25.4. The molecule has 0 spiro atoms. The van der Waals surface area contributed by atoms with Gasteiger partial charge in [-0.15, -0.1) is 0 Å². The molecule has 0 N–H and O–H groups in total. The van der Waals surface area contributed by atoms with E-state index < -0.39 is 12.0 Å². The molecule has 6 nitrogen and oxygen atoms in total. The fourth-order valence-electron chi connectivity index (χ4n) is 4.18. The van der Waals surface area contributed by atoms with E-state index in [0.29, 0.717) is 43.6 Å². The van der Waals surface area contributed by atoms with Crippen LogP contribution in [-0.2, 0) is 9.53 Å². The molecular formula is C27H20BrClN2O4S. The second-order valence-corrected chi connectivity index (χ2v) is 10.3. The molecule has 182 valence electrons. The van der Waals surface area contributed by atoms with Gasteiger partial charge >= 0.3 is 5.97 Å². The van der Waals surface area contributed by atoms with E-state index in [1.54, 1.807) is 16.7 Å². The molecule has 0 aliphatic carbocycles. The fraction of sp³-hybridized carbons (Fsp3) is 0.148. The highest BCUT2D eigenvalue weighted by Crippen LogP contribution is 2.32. The van der Waals surface area contributed by atoms with Crippen molar-refractivity contribution in [2.75, 3.05) is 7.11 Å². The van der Waals surface area contributed by atoms with Crippen LogP contribution in [0.25, 0.3) is 17.4 Å². The fourth-order valence-corrected chi connectivity index (χ4v) is 5.61. The lowest BCUT2D eigenvalue weighted by molar-refractivity contribution is -0.136. The van der Waals surface area contributed by atoms with Crippen LogP contribution in [0, 0.1) is 0 Å². The van der Waals surface area contributed by atoms with Crippen LogP contribution in [-0.4, -0.2) is 17.6 Å². The highest BCUT2D eigenvalue weighted by Gasteiger charge is 2.33. The second kappa shape index (κ2) is 10.0. The van der Waals surface area contributed by atoms with Gasteiger partial charge in [-0.3, -0.25) is 9.36 Å². The molecule has 0 saturated heterocycles. The number of carbonyl (C=O) groups is 1. The van der Waals surface area contributed by atoms with Gasteiger partial charge in [-0.2, -0.15) is 0 Å². The SMILES string of the molecule is CCC1=C(C(=O)OC)[C@@H](c2ccccc2)n2c(s/c(=C\c3ccc(-c4ccc(Br)c(Cl)c4)o3)c2=O)=N1. The third-order valence-corrected chi connectivity index (χ3v) is 8.09. The summed E-state index contributed by atoms with van der Waals surface area (Å²) in [5, 5.41) is 0.577. The van der Waals surface area contributed by atoms with Crippen LogP contribution in [0.5, 0.6) is 0 Å². The first-order valence-electron chi connectivity index (χ1n) is 11.1. The number of allylic oxidation sites excluding steroid dienone is 1. The predicted molar refractivity (Wildman–Crippen MR) is 144 cm³/mol. The molecule has 9 heteroatoms. The minimum atomic E-state index is -0.635. The van der Waals surface area contributed by atoms with E-state index in [0.717, 1.165) is 15.6 Å². The van der Waals surface area contributed by atoms with Crippen molar-refractivity contribution in [1.29, 1.82) is 0 Å². The summed E-state index contributed by atoms with van der Waals surface area (Å²) in [6.07, 6.45) is 2.22. The maximum atomic E-state index is 13.7. The molecule has 36 heavy (non-hydrogen) atoms. The Morgan fingerprint density at radius 3 is 2.69 bits per heavy atom. The lowest BCUT2D eigenvalue weighted by atomic mass is 9.95. The Labute approximate surface area is 224 Å². The third kappa shape index (κ3) is 4.40. The van der Waals surface area contributed by atoms with Crippen LogP contribution >= 0.6 is 38.9 Å². The number of benzene rings is 2. The molecule has 1 aliphatic rings. The molecule has 1 aliphatic heterocycles. The summed E-state index contributed by atoms with van der Waals surface area (Å²) in [5.41, 5.74) is 2.35. The summed E-state index contributed by atoms with van der Waals surface area (Å²) in [6, 6.07) is 18.0. The number of fused-ring (bicyclic) bond motifs is 1. The Morgan fingerprint density at radius 2 is 2.00 bits per heavy atom. The minimum absolute atomic E-state index is 0.256. The van der Waals surface area contributed by atoms with Gasteiger partial charge < -0.3 is 9.15 Å². The van der Waals surface area contributed by atoms with Crippen molar-refractivity contribution >= 4 is 50.9 Å². The van der Waals surface area contributed by atoms with Crippen molar-refractivity contribution in [3.63, 3.8) is 0 Å². The topological polar surface area (TPSA) is 73.8 Å². The van der Waals surface area contributed by atoms with E-state index in [4.69, 9.17) is 20.8 Å². The number of ether oxygens (including phenoxy) is 1. The zero-order valence-electron chi connectivity index (χ0n) is 19.3. The molecule has 4 aromatic rings. The van der Waals surface area contributed by atoms with E-state index in [-0.39, 0.29) is 5.56 Å². The van der Waals surface area contributed by atoms with Gasteiger partial charge in [0.05, 0.1) is 34.0 Å². The van der Waals surface area contributed by atoms with Gasteiger partial charge in [-0.1, -0.05) is 66.3 Å². The second-order valence-electron chi connectivity index (χ2n) is 8.03. The summed E-state index contributed by atoms with van der Waals surface area (Å²) in [4.78, 5) is 31.7. The van der Waals surface area contributed by atoms with Crippen LogP contribution < -0.4 is 14.9 Å². The summed E-state index contributed by atoms with van der Waals surface area (Å²) in [6.45, 7) is 1.93. The summed E-state index contributed by atoms with van der Waals surface area (Å²) in [5.74, 6) is 0.655. The molecule has 2 aromatic heterocycles. The van der Waals surface area contributed by atoms with Crippen LogP contribution in [0.2, 0.25) is 5.02 Å². The molecular weight excluding hydrogens is 564 g/mol. The predicted octanol–water partition coefficient (Wildman–Crippen LogP) is 5.47. The number of halogens is 2. The number of hydrogen-bond donors (Lipinski definition) is 0. The lowest BCUT2D eigenvalue weighted by Crippen LogP contribution is -2.40. The molecule has 0 bridgehead atoms. The largest absolute Gasteiger partial charge is 0.466 e. The highest BCUT2D eigenvalue weighted by atomic mass is 79.9.